The van der Waals surface area contributed by atoms with Gasteiger partial charge in [0, 0.05) is 33.7 Å². The van der Waals surface area contributed by atoms with Crippen molar-refractivity contribution in [2.45, 2.75) is 24.7 Å². The van der Waals surface area contributed by atoms with Crippen molar-refractivity contribution < 1.29 is 0 Å². The molecule has 122 valence electrons. The first-order chi connectivity index (χ1) is 11.6. The second-order valence-corrected chi connectivity index (χ2v) is 6.17. The zero-order valence-corrected chi connectivity index (χ0v) is 13.9. The van der Waals surface area contributed by atoms with Crippen molar-refractivity contribution in [2.75, 3.05) is 13.1 Å². The topological polar surface area (TPSA) is 97.5 Å². The maximum absolute atomic E-state index is 8.87. The molecule has 0 N–H and O–H groups in total. The largest absolute Gasteiger partial charge is 0.0930 e. The Bertz CT molecular complexity index is 695. The van der Waals surface area contributed by atoms with E-state index in [-0.39, 0.29) is 13.1 Å². The molecule has 2 rings (SSSR count). The highest BCUT2D eigenvalue weighted by atomic mass is 15.1. The van der Waals surface area contributed by atoms with Crippen molar-refractivity contribution in [3.05, 3.63) is 92.7 Å². The molecular weight excluding hydrogens is 300 g/mol. The van der Waals surface area contributed by atoms with E-state index in [1.807, 2.05) is 60.7 Å². The lowest BCUT2D eigenvalue weighted by Gasteiger charge is -2.46. The lowest BCUT2D eigenvalue weighted by atomic mass is 9.58. The monoisotopic (exact) mass is 320 g/mol. The summed E-state index contributed by atoms with van der Waals surface area (Å²) in [6.45, 7) is 4.63. The van der Waals surface area contributed by atoms with E-state index >= 15 is 0 Å². The molecule has 0 saturated carbocycles. The minimum absolute atomic E-state index is 0.264. The Morgan fingerprint density at radius 2 is 1.04 bits per heavy atom. The molecule has 0 fully saturated rings. The molecule has 0 spiro atoms. The highest BCUT2D eigenvalue weighted by Crippen LogP contribution is 2.45. The van der Waals surface area contributed by atoms with E-state index in [4.69, 9.17) is 11.1 Å². The van der Waals surface area contributed by atoms with Crippen molar-refractivity contribution in [1.29, 1.82) is 0 Å². The van der Waals surface area contributed by atoms with Crippen molar-refractivity contribution in [3.63, 3.8) is 0 Å². The maximum Gasteiger partial charge on any atom is 0.0360 e. The number of rotatable bonds is 7. The lowest BCUT2D eigenvalue weighted by Crippen LogP contribution is -2.49. The van der Waals surface area contributed by atoms with Crippen molar-refractivity contribution >= 4 is 0 Å². The van der Waals surface area contributed by atoms with Crippen molar-refractivity contribution in [1.82, 2.24) is 0 Å². The summed E-state index contributed by atoms with van der Waals surface area (Å²) in [6, 6.07) is 19.8. The lowest BCUT2D eigenvalue weighted by molar-refractivity contribution is 0.267. The van der Waals surface area contributed by atoms with Crippen molar-refractivity contribution in [2.24, 2.45) is 10.2 Å². The maximum atomic E-state index is 8.87. The fourth-order valence-electron chi connectivity index (χ4n) is 3.13. The SMILES string of the molecule is CC(CN=[N+]=[N-])(c1ccccc1)C(C)(CN=[N+]=[N-])c1ccccc1. The quantitative estimate of drug-likeness (QED) is 0.364. The Kier molecular flexibility index (Phi) is 5.48. The molecular formula is C18H20N6. The smallest absolute Gasteiger partial charge is 0.0360 e. The van der Waals surface area contributed by atoms with Crippen LogP contribution in [0.2, 0.25) is 0 Å². The van der Waals surface area contributed by atoms with Crippen LogP contribution in [0.1, 0.15) is 25.0 Å². The third-order valence-electron chi connectivity index (χ3n) is 4.94. The average Bonchev–Trinajstić information content (AvgIpc) is 2.65. The predicted molar refractivity (Wildman–Crippen MR) is 95.6 cm³/mol. The summed E-state index contributed by atoms with van der Waals surface area (Å²) in [5.74, 6) is 0. The van der Waals surface area contributed by atoms with Crippen LogP contribution in [0, 0.1) is 0 Å². The van der Waals surface area contributed by atoms with E-state index in [2.05, 4.69) is 33.9 Å². The first-order valence-electron chi connectivity index (χ1n) is 7.71. The molecule has 0 aromatic heterocycles. The van der Waals surface area contributed by atoms with E-state index in [0.29, 0.717) is 0 Å². The molecule has 24 heavy (non-hydrogen) atoms. The van der Waals surface area contributed by atoms with Gasteiger partial charge in [-0.05, 0) is 22.2 Å². The van der Waals surface area contributed by atoms with E-state index in [9.17, 15) is 0 Å². The van der Waals surface area contributed by atoms with Crippen LogP contribution in [0.3, 0.4) is 0 Å². The van der Waals surface area contributed by atoms with Gasteiger partial charge in [-0.2, -0.15) is 0 Å². The standard InChI is InChI=1S/C18H20N6/c1-17(13-21-23-19,15-9-5-3-6-10-15)18(2,14-22-24-20)16-11-7-4-8-12-16/h3-12H,13-14H2,1-2H3. The van der Waals surface area contributed by atoms with E-state index in [0.717, 1.165) is 11.1 Å². The fourth-order valence-corrected chi connectivity index (χ4v) is 3.13. The van der Waals surface area contributed by atoms with Crippen LogP contribution in [0.5, 0.6) is 0 Å². The van der Waals surface area contributed by atoms with E-state index in [1.165, 1.54) is 0 Å². The van der Waals surface area contributed by atoms with E-state index in [1.54, 1.807) is 0 Å². The second kappa shape index (κ2) is 7.55. The highest BCUT2D eigenvalue weighted by Gasteiger charge is 2.46. The molecule has 0 radical (unpaired) electrons. The normalized spacial score (nSPS) is 15.2. The molecule has 0 aliphatic rings. The summed E-state index contributed by atoms with van der Waals surface area (Å²) >= 11 is 0. The van der Waals surface area contributed by atoms with Crippen LogP contribution in [0.15, 0.2) is 70.9 Å². The predicted octanol–water partition coefficient (Wildman–Crippen LogP) is 5.52. The molecule has 0 aliphatic heterocycles. The van der Waals surface area contributed by atoms with Gasteiger partial charge in [0.15, 0.2) is 0 Å². The summed E-state index contributed by atoms with van der Waals surface area (Å²) < 4.78 is 0. The molecule has 0 amide bonds. The molecule has 0 bridgehead atoms. The van der Waals surface area contributed by atoms with Crippen LogP contribution in [-0.4, -0.2) is 13.1 Å². The van der Waals surface area contributed by atoms with Gasteiger partial charge in [0.1, 0.15) is 0 Å². The van der Waals surface area contributed by atoms with Crippen LogP contribution >= 0.6 is 0 Å². The number of hydrogen-bond acceptors (Lipinski definition) is 2. The molecule has 6 nitrogen and oxygen atoms in total. The third-order valence-corrected chi connectivity index (χ3v) is 4.94. The zero-order chi connectivity index (χ0) is 17.5. The fraction of sp³-hybridized carbons (Fsp3) is 0.333. The molecule has 2 aromatic rings. The Hall–Kier alpha value is -2.94. The Labute approximate surface area is 141 Å². The van der Waals surface area contributed by atoms with Crippen LogP contribution < -0.4 is 0 Å². The third kappa shape index (κ3) is 3.20. The van der Waals surface area contributed by atoms with Gasteiger partial charge in [-0.1, -0.05) is 84.7 Å². The van der Waals surface area contributed by atoms with Gasteiger partial charge in [0.25, 0.3) is 0 Å². The van der Waals surface area contributed by atoms with Gasteiger partial charge >= 0.3 is 0 Å². The van der Waals surface area contributed by atoms with Gasteiger partial charge in [0.05, 0.1) is 0 Å². The van der Waals surface area contributed by atoms with E-state index < -0.39 is 10.8 Å². The Morgan fingerprint density at radius 1 is 0.708 bits per heavy atom. The minimum atomic E-state index is -0.532. The second-order valence-electron chi connectivity index (χ2n) is 6.17. The number of nitrogens with zero attached hydrogens (tertiary/aromatic N) is 6. The molecule has 0 heterocycles. The van der Waals surface area contributed by atoms with Gasteiger partial charge < -0.3 is 0 Å². The molecule has 0 saturated heterocycles. The van der Waals surface area contributed by atoms with Gasteiger partial charge in [0.2, 0.25) is 0 Å². The summed E-state index contributed by atoms with van der Waals surface area (Å²) in [4.78, 5) is 5.91. The molecule has 0 aliphatic carbocycles. The Morgan fingerprint density at radius 3 is 1.33 bits per heavy atom. The molecule has 2 atom stereocenters. The summed E-state index contributed by atoms with van der Waals surface area (Å²) in [6.07, 6.45) is 0. The van der Waals surface area contributed by atoms with Crippen LogP contribution in [0.4, 0.5) is 0 Å². The molecule has 6 heteroatoms. The summed E-state index contributed by atoms with van der Waals surface area (Å²) in [7, 11) is 0. The number of hydrogen-bond donors (Lipinski definition) is 0. The molecule has 2 unspecified atom stereocenters. The minimum Gasteiger partial charge on any atom is -0.0930 e. The first-order valence-corrected chi connectivity index (χ1v) is 7.71. The van der Waals surface area contributed by atoms with Gasteiger partial charge in [-0.25, -0.2) is 0 Å². The highest BCUT2D eigenvalue weighted by molar-refractivity contribution is 5.39. The van der Waals surface area contributed by atoms with Crippen LogP contribution in [-0.2, 0) is 10.8 Å². The average molecular weight is 320 g/mol. The van der Waals surface area contributed by atoms with Gasteiger partial charge in [-0.15, -0.1) is 0 Å². The Balaban J connectivity index is 2.69. The molecule has 2 aromatic carbocycles. The number of benzene rings is 2. The number of azide groups is 2. The first kappa shape index (κ1) is 17.4. The van der Waals surface area contributed by atoms with Crippen LogP contribution in [0.25, 0.3) is 20.9 Å². The zero-order valence-electron chi connectivity index (χ0n) is 13.9. The summed E-state index contributed by atoms with van der Waals surface area (Å²) in [5.41, 5.74) is 18.7. The van der Waals surface area contributed by atoms with Gasteiger partial charge in [-0.3, -0.25) is 0 Å². The van der Waals surface area contributed by atoms with Crippen molar-refractivity contribution in [3.8, 4) is 0 Å². The summed E-state index contributed by atoms with van der Waals surface area (Å²) in [5, 5.41) is 7.73.